The lowest BCUT2D eigenvalue weighted by Crippen LogP contribution is -2.38. The highest BCUT2D eigenvalue weighted by atomic mass is 19.1. The second-order valence-electron chi connectivity index (χ2n) is 7.73. The zero-order valence-electron chi connectivity index (χ0n) is 17.1. The minimum Gasteiger partial charge on any atom is -0.318 e. The Bertz CT molecular complexity index is 1260. The third kappa shape index (κ3) is 3.38. The van der Waals surface area contributed by atoms with Crippen molar-refractivity contribution in [2.75, 3.05) is 5.32 Å². The maximum absolute atomic E-state index is 14.3. The second-order valence-corrected chi connectivity index (χ2v) is 7.73. The Balaban J connectivity index is 1.66. The number of anilines is 1. The number of urea groups is 1. The summed E-state index contributed by atoms with van der Waals surface area (Å²) in [4.78, 5) is 15.3. The summed E-state index contributed by atoms with van der Waals surface area (Å²) in [5.74, 6) is -0.457. The molecule has 1 aromatic heterocycles. The molecule has 0 saturated heterocycles. The highest BCUT2D eigenvalue weighted by molar-refractivity contribution is 5.90. The highest BCUT2D eigenvalue weighted by Gasteiger charge is 2.33. The van der Waals surface area contributed by atoms with Crippen molar-refractivity contribution in [3.8, 4) is 5.69 Å². The van der Waals surface area contributed by atoms with Gasteiger partial charge in [-0.3, -0.25) is 0 Å². The quantitative estimate of drug-likeness (QED) is 0.428. The standard InChI is InChI=1S/C26H22FN3O/c1-18-9-2-4-11-20(18)25-24-15-8-16-29(24)23-14-7-3-10-19(23)17-30(25)26(31)28-22-13-6-5-12-21(22)27/h2-16,25H,17H2,1H3,(H,28,31)/t25-/m0/s1. The summed E-state index contributed by atoms with van der Waals surface area (Å²) in [6.07, 6.45) is 2.03. The Morgan fingerprint density at radius 3 is 2.52 bits per heavy atom. The fraction of sp³-hybridized carbons (Fsp3) is 0.115. The topological polar surface area (TPSA) is 37.3 Å². The lowest BCUT2D eigenvalue weighted by molar-refractivity contribution is 0.194. The fourth-order valence-electron chi connectivity index (χ4n) is 4.31. The molecular weight excluding hydrogens is 389 g/mol. The summed E-state index contributed by atoms with van der Waals surface area (Å²) in [7, 11) is 0. The molecule has 0 bridgehead atoms. The van der Waals surface area contributed by atoms with E-state index in [-0.39, 0.29) is 17.8 Å². The summed E-state index contributed by atoms with van der Waals surface area (Å²) < 4.78 is 16.4. The SMILES string of the molecule is Cc1ccccc1[C@H]1c2cccn2-c2ccccc2CN1C(=O)Nc1ccccc1F. The fourth-order valence-corrected chi connectivity index (χ4v) is 4.31. The van der Waals surface area contributed by atoms with Crippen molar-refractivity contribution in [3.63, 3.8) is 0 Å². The maximum atomic E-state index is 14.3. The summed E-state index contributed by atoms with van der Waals surface area (Å²) >= 11 is 0. The Morgan fingerprint density at radius 2 is 1.68 bits per heavy atom. The normalized spacial score (nSPS) is 15.0. The van der Waals surface area contributed by atoms with Gasteiger partial charge in [-0.15, -0.1) is 0 Å². The minimum atomic E-state index is -0.457. The predicted molar refractivity (Wildman–Crippen MR) is 120 cm³/mol. The van der Waals surface area contributed by atoms with Crippen LogP contribution in [0.5, 0.6) is 0 Å². The van der Waals surface area contributed by atoms with Crippen LogP contribution >= 0.6 is 0 Å². The number of amides is 2. The average molecular weight is 411 g/mol. The van der Waals surface area contributed by atoms with Crippen LogP contribution in [0.1, 0.15) is 28.4 Å². The number of para-hydroxylation sites is 2. The zero-order valence-corrected chi connectivity index (χ0v) is 17.1. The average Bonchev–Trinajstić information content (AvgIpc) is 3.21. The second kappa shape index (κ2) is 7.76. The van der Waals surface area contributed by atoms with Crippen LogP contribution < -0.4 is 5.32 Å². The number of aromatic nitrogens is 1. The molecular formula is C26H22FN3O. The summed E-state index contributed by atoms with van der Waals surface area (Å²) in [5, 5.41) is 2.78. The smallest absolute Gasteiger partial charge is 0.318 e. The summed E-state index contributed by atoms with van der Waals surface area (Å²) in [5.41, 5.74) is 5.36. The van der Waals surface area contributed by atoms with Crippen LogP contribution in [0.2, 0.25) is 0 Å². The number of hydrogen-bond donors (Lipinski definition) is 1. The van der Waals surface area contributed by atoms with Crippen molar-refractivity contribution in [1.29, 1.82) is 0 Å². The number of carbonyl (C=O) groups is 1. The number of carbonyl (C=O) groups excluding carboxylic acids is 1. The number of nitrogens with one attached hydrogen (secondary N) is 1. The van der Waals surface area contributed by atoms with E-state index in [9.17, 15) is 9.18 Å². The Kier molecular flexibility index (Phi) is 4.79. The highest BCUT2D eigenvalue weighted by Crippen LogP contribution is 2.38. The van der Waals surface area contributed by atoms with Crippen molar-refractivity contribution in [2.24, 2.45) is 0 Å². The Hall–Kier alpha value is -3.86. The first-order valence-electron chi connectivity index (χ1n) is 10.3. The molecule has 0 unspecified atom stereocenters. The molecule has 0 spiro atoms. The first-order chi connectivity index (χ1) is 15.1. The monoisotopic (exact) mass is 411 g/mol. The third-order valence-electron chi connectivity index (χ3n) is 5.82. The van der Waals surface area contributed by atoms with Gasteiger partial charge in [-0.1, -0.05) is 54.6 Å². The van der Waals surface area contributed by atoms with E-state index in [2.05, 4.69) is 22.0 Å². The van der Waals surface area contributed by atoms with Crippen LogP contribution in [0.4, 0.5) is 14.9 Å². The molecule has 3 aromatic carbocycles. The van der Waals surface area contributed by atoms with E-state index < -0.39 is 5.82 Å². The number of nitrogens with zero attached hydrogens (tertiary/aromatic N) is 2. The number of rotatable bonds is 2. The van der Waals surface area contributed by atoms with E-state index in [1.165, 1.54) is 6.07 Å². The van der Waals surface area contributed by atoms with Gasteiger partial charge < -0.3 is 14.8 Å². The van der Waals surface area contributed by atoms with Crippen LogP contribution in [-0.2, 0) is 6.54 Å². The Labute approximate surface area is 180 Å². The Morgan fingerprint density at radius 1 is 0.935 bits per heavy atom. The molecule has 154 valence electrons. The first kappa shape index (κ1) is 19.1. The van der Waals surface area contributed by atoms with Crippen LogP contribution in [0.15, 0.2) is 91.1 Å². The maximum Gasteiger partial charge on any atom is 0.323 e. The molecule has 4 aromatic rings. The molecule has 0 aliphatic carbocycles. The lowest BCUT2D eigenvalue weighted by atomic mass is 9.97. The molecule has 4 nitrogen and oxygen atoms in total. The van der Waals surface area contributed by atoms with E-state index in [0.29, 0.717) is 6.54 Å². The molecule has 1 N–H and O–H groups in total. The minimum absolute atomic E-state index is 0.170. The van der Waals surface area contributed by atoms with Gasteiger partial charge in [-0.05, 0) is 53.9 Å². The van der Waals surface area contributed by atoms with Crippen LogP contribution in [0.3, 0.4) is 0 Å². The van der Waals surface area contributed by atoms with Gasteiger partial charge in [0, 0.05) is 11.9 Å². The third-order valence-corrected chi connectivity index (χ3v) is 5.82. The van der Waals surface area contributed by atoms with Gasteiger partial charge in [0.15, 0.2) is 0 Å². The van der Waals surface area contributed by atoms with Gasteiger partial charge in [0.2, 0.25) is 0 Å². The van der Waals surface area contributed by atoms with Crippen LogP contribution in [0.25, 0.3) is 5.69 Å². The molecule has 0 saturated carbocycles. The number of hydrogen-bond acceptors (Lipinski definition) is 1. The van der Waals surface area contributed by atoms with Crippen LogP contribution in [-0.4, -0.2) is 15.5 Å². The molecule has 5 rings (SSSR count). The molecule has 1 aliphatic heterocycles. The number of aryl methyl sites for hydroxylation is 1. The van der Waals surface area contributed by atoms with Gasteiger partial charge in [0.1, 0.15) is 11.9 Å². The van der Waals surface area contributed by atoms with Gasteiger partial charge in [-0.2, -0.15) is 0 Å². The molecule has 5 heteroatoms. The molecule has 2 amide bonds. The van der Waals surface area contributed by atoms with Crippen molar-refractivity contribution in [3.05, 3.63) is 119 Å². The first-order valence-corrected chi connectivity index (χ1v) is 10.3. The summed E-state index contributed by atoms with van der Waals surface area (Å²) in [6, 6.07) is 25.8. The van der Waals surface area contributed by atoms with Crippen molar-refractivity contribution < 1.29 is 9.18 Å². The van der Waals surface area contributed by atoms with Crippen LogP contribution in [0, 0.1) is 12.7 Å². The predicted octanol–water partition coefficient (Wildman–Crippen LogP) is 6.06. The number of halogens is 1. The van der Waals surface area contributed by atoms with E-state index in [0.717, 1.165) is 28.1 Å². The van der Waals surface area contributed by atoms with E-state index in [1.54, 1.807) is 23.1 Å². The number of benzene rings is 3. The molecule has 31 heavy (non-hydrogen) atoms. The van der Waals surface area contributed by atoms with E-state index in [4.69, 9.17) is 0 Å². The van der Waals surface area contributed by atoms with Gasteiger partial charge in [0.05, 0.1) is 17.9 Å². The van der Waals surface area contributed by atoms with E-state index >= 15 is 0 Å². The van der Waals surface area contributed by atoms with Gasteiger partial charge in [-0.25, -0.2) is 9.18 Å². The molecule has 2 heterocycles. The van der Waals surface area contributed by atoms with Gasteiger partial charge >= 0.3 is 6.03 Å². The molecule has 1 atom stereocenters. The van der Waals surface area contributed by atoms with Crippen molar-refractivity contribution in [1.82, 2.24) is 9.47 Å². The lowest BCUT2D eigenvalue weighted by Gasteiger charge is -2.32. The largest absolute Gasteiger partial charge is 0.323 e. The molecule has 0 radical (unpaired) electrons. The van der Waals surface area contributed by atoms with Crippen molar-refractivity contribution in [2.45, 2.75) is 19.5 Å². The number of fused-ring (bicyclic) bond motifs is 3. The van der Waals surface area contributed by atoms with E-state index in [1.807, 2.05) is 61.7 Å². The molecule has 1 aliphatic rings. The molecule has 0 fully saturated rings. The van der Waals surface area contributed by atoms with Crippen molar-refractivity contribution >= 4 is 11.7 Å². The summed E-state index contributed by atoms with van der Waals surface area (Å²) in [6.45, 7) is 2.45. The van der Waals surface area contributed by atoms with Gasteiger partial charge in [0.25, 0.3) is 0 Å². The zero-order chi connectivity index (χ0) is 21.4.